The monoisotopic (exact) mass is 387 g/mol. The van der Waals surface area contributed by atoms with Gasteiger partial charge >= 0.3 is 5.97 Å². The Labute approximate surface area is 169 Å². The van der Waals surface area contributed by atoms with Crippen LogP contribution in [-0.4, -0.2) is 25.5 Å². The van der Waals surface area contributed by atoms with Crippen molar-refractivity contribution in [3.63, 3.8) is 0 Å². The molecule has 5 heteroatoms. The van der Waals surface area contributed by atoms with Crippen molar-refractivity contribution in [3.05, 3.63) is 78.9 Å². The molecule has 3 aromatic carbocycles. The van der Waals surface area contributed by atoms with E-state index in [1.54, 1.807) is 24.1 Å². The van der Waals surface area contributed by atoms with Crippen molar-refractivity contribution in [2.75, 3.05) is 18.6 Å². The lowest BCUT2D eigenvalue weighted by Crippen LogP contribution is -2.27. The molecule has 1 atom stereocenters. The number of para-hydroxylation sites is 3. The highest BCUT2D eigenvalue weighted by atomic mass is 16.5. The molecule has 146 valence electrons. The van der Waals surface area contributed by atoms with Gasteiger partial charge in [-0.1, -0.05) is 60.7 Å². The predicted octanol–water partition coefficient (Wildman–Crippen LogP) is 4.32. The zero-order valence-electron chi connectivity index (χ0n) is 16.1. The smallest absolute Gasteiger partial charge is 0.316 e. The molecule has 0 saturated carbocycles. The van der Waals surface area contributed by atoms with Crippen molar-refractivity contribution in [2.24, 2.45) is 5.92 Å². The van der Waals surface area contributed by atoms with Crippen LogP contribution in [0.15, 0.2) is 78.9 Å². The zero-order valence-corrected chi connectivity index (χ0v) is 16.1. The summed E-state index contributed by atoms with van der Waals surface area (Å²) in [5.74, 6) is 0.0411. The lowest BCUT2D eigenvalue weighted by Gasteiger charge is -2.19. The Morgan fingerprint density at radius 1 is 0.897 bits per heavy atom. The van der Waals surface area contributed by atoms with Gasteiger partial charge in [-0.2, -0.15) is 0 Å². The van der Waals surface area contributed by atoms with Crippen LogP contribution in [0.3, 0.4) is 0 Å². The molecule has 3 aromatic rings. The van der Waals surface area contributed by atoms with Crippen LogP contribution in [0, 0.1) is 5.92 Å². The highest BCUT2D eigenvalue weighted by Gasteiger charge is 2.37. The third-order valence-corrected chi connectivity index (χ3v) is 5.02. The Morgan fingerprint density at radius 2 is 1.55 bits per heavy atom. The van der Waals surface area contributed by atoms with Crippen molar-refractivity contribution >= 4 is 17.6 Å². The summed E-state index contributed by atoms with van der Waals surface area (Å²) in [6.45, 7) is 0.269. The van der Waals surface area contributed by atoms with Gasteiger partial charge in [0.2, 0.25) is 5.91 Å². The number of rotatable bonds is 5. The second kappa shape index (κ2) is 8.19. The standard InChI is InChI=1S/C24H21NO4/c1-28-22-14-8-6-12-20(22)25-16-18(15-23(25)26)24(27)29-21-13-7-5-11-19(21)17-9-3-2-4-10-17/h2-14,18H,15-16H2,1H3/t18-/m1/s1. The summed E-state index contributed by atoms with van der Waals surface area (Å²) in [4.78, 5) is 27.0. The Bertz CT molecular complexity index is 1030. The van der Waals surface area contributed by atoms with E-state index < -0.39 is 11.9 Å². The largest absolute Gasteiger partial charge is 0.495 e. The Morgan fingerprint density at radius 3 is 2.31 bits per heavy atom. The molecule has 0 aliphatic carbocycles. The third-order valence-electron chi connectivity index (χ3n) is 5.02. The van der Waals surface area contributed by atoms with Gasteiger partial charge < -0.3 is 14.4 Å². The molecule has 1 amide bonds. The summed E-state index contributed by atoms with van der Waals surface area (Å²) in [5.41, 5.74) is 2.47. The van der Waals surface area contributed by atoms with Gasteiger partial charge in [-0.15, -0.1) is 0 Å². The quantitative estimate of drug-likeness (QED) is 0.483. The highest BCUT2D eigenvalue weighted by molar-refractivity contribution is 6.00. The number of amides is 1. The van der Waals surface area contributed by atoms with E-state index in [9.17, 15) is 9.59 Å². The first-order chi connectivity index (χ1) is 14.2. The SMILES string of the molecule is COc1ccccc1N1C[C@H](C(=O)Oc2ccccc2-c2ccccc2)CC1=O. The second-order valence-corrected chi connectivity index (χ2v) is 6.86. The molecular formula is C24H21NO4. The molecule has 1 saturated heterocycles. The first-order valence-electron chi connectivity index (χ1n) is 9.47. The maximum Gasteiger partial charge on any atom is 0.316 e. The van der Waals surface area contributed by atoms with E-state index in [1.165, 1.54) is 0 Å². The molecule has 1 aliphatic rings. The van der Waals surface area contributed by atoms with Gasteiger partial charge in [0.1, 0.15) is 11.5 Å². The number of carbonyl (C=O) groups excluding carboxylic acids is 2. The topological polar surface area (TPSA) is 55.8 Å². The van der Waals surface area contributed by atoms with Crippen molar-refractivity contribution in [3.8, 4) is 22.6 Å². The van der Waals surface area contributed by atoms with Gasteiger partial charge in [0.25, 0.3) is 0 Å². The molecule has 0 unspecified atom stereocenters. The number of esters is 1. The zero-order chi connectivity index (χ0) is 20.2. The van der Waals surface area contributed by atoms with Crippen LogP contribution in [0.25, 0.3) is 11.1 Å². The number of hydrogen-bond donors (Lipinski definition) is 0. The molecule has 0 bridgehead atoms. The predicted molar refractivity (Wildman–Crippen MR) is 111 cm³/mol. The van der Waals surface area contributed by atoms with Crippen LogP contribution in [0.4, 0.5) is 5.69 Å². The Kier molecular flexibility index (Phi) is 5.29. The summed E-state index contributed by atoms with van der Waals surface area (Å²) >= 11 is 0. The van der Waals surface area contributed by atoms with Crippen LogP contribution in [0.1, 0.15) is 6.42 Å². The third kappa shape index (κ3) is 3.85. The average Bonchev–Trinajstić information content (AvgIpc) is 3.16. The molecule has 0 spiro atoms. The molecule has 29 heavy (non-hydrogen) atoms. The fraction of sp³-hybridized carbons (Fsp3) is 0.167. The minimum absolute atomic E-state index is 0.115. The summed E-state index contributed by atoms with van der Waals surface area (Å²) in [7, 11) is 1.56. The van der Waals surface area contributed by atoms with E-state index in [0.717, 1.165) is 11.1 Å². The van der Waals surface area contributed by atoms with E-state index in [4.69, 9.17) is 9.47 Å². The maximum atomic E-state index is 12.8. The minimum atomic E-state index is -0.531. The Hall–Kier alpha value is -3.60. The van der Waals surface area contributed by atoms with Gasteiger partial charge in [-0.25, -0.2) is 0 Å². The van der Waals surface area contributed by atoms with Crippen molar-refractivity contribution in [1.29, 1.82) is 0 Å². The molecule has 0 radical (unpaired) electrons. The normalized spacial score (nSPS) is 16.0. The number of carbonyl (C=O) groups is 2. The van der Waals surface area contributed by atoms with Crippen LogP contribution in [0.2, 0.25) is 0 Å². The molecule has 4 rings (SSSR count). The van der Waals surface area contributed by atoms with Gasteiger partial charge in [0.05, 0.1) is 18.7 Å². The number of anilines is 1. The summed E-state index contributed by atoms with van der Waals surface area (Å²) in [6.07, 6.45) is 0.115. The van der Waals surface area contributed by atoms with E-state index in [1.807, 2.05) is 66.7 Å². The van der Waals surface area contributed by atoms with Gasteiger partial charge in [-0.3, -0.25) is 9.59 Å². The van der Waals surface area contributed by atoms with Gasteiger partial charge in [0.15, 0.2) is 0 Å². The highest BCUT2D eigenvalue weighted by Crippen LogP contribution is 2.34. The van der Waals surface area contributed by atoms with Crippen LogP contribution in [0.5, 0.6) is 11.5 Å². The van der Waals surface area contributed by atoms with E-state index in [2.05, 4.69) is 0 Å². The first kappa shape index (κ1) is 18.7. The fourth-order valence-electron chi connectivity index (χ4n) is 3.55. The van der Waals surface area contributed by atoms with Crippen molar-refractivity contribution in [1.82, 2.24) is 0 Å². The number of nitrogens with zero attached hydrogens (tertiary/aromatic N) is 1. The minimum Gasteiger partial charge on any atom is -0.495 e. The van der Waals surface area contributed by atoms with Gasteiger partial charge in [-0.05, 0) is 23.8 Å². The molecule has 1 aliphatic heterocycles. The molecular weight excluding hydrogens is 366 g/mol. The number of benzene rings is 3. The van der Waals surface area contributed by atoms with Crippen LogP contribution < -0.4 is 14.4 Å². The first-order valence-corrected chi connectivity index (χ1v) is 9.47. The molecule has 0 N–H and O–H groups in total. The molecule has 5 nitrogen and oxygen atoms in total. The Balaban J connectivity index is 1.53. The van der Waals surface area contributed by atoms with E-state index >= 15 is 0 Å². The summed E-state index contributed by atoms with van der Waals surface area (Å²) in [5, 5.41) is 0. The second-order valence-electron chi connectivity index (χ2n) is 6.86. The fourth-order valence-corrected chi connectivity index (χ4v) is 3.55. The van der Waals surface area contributed by atoms with Gasteiger partial charge in [0, 0.05) is 18.5 Å². The number of methoxy groups -OCH3 is 1. The lowest BCUT2D eigenvalue weighted by atomic mass is 10.0. The number of ether oxygens (including phenoxy) is 2. The lowest BCUT2D eigenvalue weighted by molar-refractivity contribution is -0.139. The number of hydrogen-bond acceptors (Lipinski definition) is 4. The van der Waals surface area contributed by atoms with Crippen molar-refractivity contribution in [2.45, 2.75) is 6.42 Å². The average molecular weight is 387 g/mol. The summed E-state index contributed by atoms with van der Waals surface area (Å²) < 4.78 is 11.1. The molecule has 0 aromatic heterocycles. The summed E-state index contributed by atoms with van der Waals surface area (Å²) in [6, 6.07) is 24.5. The maximum absolute atomic E-state index is 12.8. The van der Waals surface area contributed by atoms with Crippen molar-refractivity contribution < 1.29 is 19.1 Å². The van der Waals surface area contributed by atoms with E-state index in [-0.39, 0.29) is 18.9 Å². The van der Waals surface area contributed by atoms with E-state index in [0.29, 0.717) is 17.2 Å². The van der Waals surface area contributed by atoms with Crippen LogP contribution in [-0.2, 0) is 9.59 Å². The molecule has 1 fully saturated rings. The molecule has 1 heterocycles. The van der Waals surface area contributed by atoms with Crippen LogP contribution >= 0.6 is 0 Å².